The molecule has 0 saturated carbocycles. The lowest BCUT2D eigenvalue weighted by Crippen LogP contribution is -2.43. The summed E-state index contributed by atoms with van der Waals surface area (Å²) in [5, 5.41) is 24.8. The number of likely N-dealkylation sites (tertiary alicyclic amines) is 1. The van der Waals surface area contributed by atoms with Crippen LogP contribution in [0.3, 0.4) is 0 Å². The molecule has 0 unspecified atom stereocenters. The molecule has 2 aromatic carbocycles. The molecule has 3 heterocycles. The molecular weight excluding hydrogens is 625 g/mol. The minimum atomic E-state index is -4.62. The molecule has 0 amide bonds. The number of aromatic nitrogens is 3. The third-order valence-electron chi connectivity index (χ3n) is 7.76. The van der Waals surface area contributed by atoms with Gasteiger partial charge >= 0.3 is 6.18 Å². The van der Waals surface area contributed by atoms with Crippen LogP contribution in [0.25, 0.3) is 16.8 Å². The lowest BCUT2D eigenvalue weighted by atomic mass is 9.89. The summed E-state index contributed by atoms with van der Waals surface area (Å²) in [6, 6.07) is 16.6. The summed E-state index contributed by atoms with van der Waals surface area (Å²) in [5.41, 5.74) is 4.23. The number of sulfonamides is 1. The first-order valence-corrected chi connectivity index (χ1v) is 16.5. The molecule has 15 heteroatoms. The van der Waals surface area contributed by atoms with Crippen LogP contribution in [-0.2, 0) is 10.0 Å². The Labute approximate surface area is 266 Å². The molecule has 1 atom stereocenters. The van der Waals surface area contributed by atoms with Crippen LogP contribution in [0.2, 0.25) is 0 Å². The first-order valence-electron chi connectivity index (χ1n) is 14.7. The van der Waals surface area contributed by atoms with Crippen LogP contribution < -0.4 is 14.4 Å². The van der Waals surface area contributed by atoms with Crippen molar-refractivity contribution in [3.63, 3.8) is 0 Å². The van der Waals surface area contributed by atoms with Crippen LogP contribution in [0.1, 0.15) is 31.2 Å². The number of hydrogen-bond donors (Lipinski definition) is 3. The number of aliphatic hydroxyl groups is 2. The molecule has 3 N–H and O–H groups in total. The van der Waals surface area contributed by atoms with Crippen molar-refractivity contribution in [1.82, 2.24) is 19.5 Å². The zero-order chi connectivity index (χ0) is 33.6. The standard InChI is InChI=1S/C29H33F3N6O4S.C2H6O/c1-36(43(3,40)41)24-7-5-4-6-22(24)25-11-9-21-17-33-28(35-38(21)25)34-23-10-8-20(16-26(23)42-2)19-12-14-37(15-13-19)18-27(39)29(30,31)32;1-2-3/h4-11,16-17,19,27,39H,12-15,18H2,1-3H3,(H,34,35);3H,2H2,1H3/t27-;/m0./s1. The molecule has 0 spiro atoms. The fourth-order valence-corrected chi connectivity index (χ4v) is 5.81. The molecular formula is C31H39F3N6O5S. The van der Waals surface area contributed by atoms with E-state index in [2.05, 4.69) is 15.4 Å². The zero-order valence-electron chi connectivity index (χ0n) is 26.1. The molecule has 1 fully saturated rings. The van der Waals surface area contributed by atoms with Crippen molar-refractivity contribution in [3.8, 4) is 17.0 Å². The van der Waals surface area contributed by atoms with Crippen molar-refractivity contribution in [3.05, 3.63) is 66.4 Å². The Morgan fingerprint density at radius 2 is 1.80 bits per heavy atom. The Bertz CT molecular complexity index is 1730. The number of rotatable bonds is 9. The Hall–Kier alpha value is -3.92. The second-order valence-electron chi connectivity index (χ2n) is 10.9. The fourth-order valence-electron chi connectivity index (χ4n) is 5.29. The van der Waals surface area contributed by atoms with Gasteiger partial charge in [-0.25, -0.2) is 17.9 Å². The lowest BCUT2D eigenvalue weighted by molar-refractivity contribution is -0.208. The summed E-state index contributed by atoms with van der Waals surface area (Å²) in [5.74, 6) is 0.993. The molecule has 1 aliphatic heterocycles. The maximum Gasteiger partial charge on any atom is 0.415 e. The SMILES string of the molecule is CCO.COc1cc(C2CCN(C[C@H](O)C(F)(F)F)CC2)ccc1Nc1ncc2ccc(-c3ccccc3N(C)S(C)(=O)=O)n2n1. The minimum absolute atomic E-state index is 0.141. The predicted octanol–water partition coefficient (Wildman–Crippen LogP) is 4.65. The summed E-state index contributed by atoms with van der Waals surface area (Å²) >= 11 is 0. The molecule has 250 valence electrons. The summed E-state index contributed by atoms with van der Waals surface area (Å²) < 4.78 is 71.3. The van der Waals surface area contributed by atoms with E-state index >= 15 is 0 Å². The topological polar surface area (TPSA) is 133 Å². The van der Waals surface area contributed by atoms with Gasteiger partial charge < -0.3 is 25.2 Å². The Morgan fingerprint density at radius 1 is 1.13 bits per heavy atom. The third-order valence-corrected chi connectivity index (χ3v) is 8.95. The second-order valence-corrected chi connectivity index (χ2v) is 12.9. The monoisotopic (exact) mass is 664 g/mol. The number of alkyl halides is 3. The van der Waals surface area contributed by atoms with Crippen LogP contribution in [0.15, 0.2) is 60.8 Å². The van der Waals surface area contributed by atoms with E-state index in [1.807, 2.05) is 42.5 Å². The number of piperidine rings is 1. The first kappa shape index (κ1) is 34.9. The van der Waals surface area contributed by atoms with E-state index in [4.69, 9.17) is 9.84 Å². The van der Waals surface area contributed by atoms with E-state index < -0.39 is 28.8 Å². The van der Waals surface area contributed by atoms with Crippen LogP contribution in [0.5, 0.6) is 5.75 Å². The smallest absolute Gasteiger partial charge is 0.415 e. The van der Waals surface area contributed by atoms with Crippen molar-refractivity contribution in [2.75, 3.05) is 56.3 Å². The quantitative estimate of drug-likeness (QED) is 0.234. The van der Waals surface area contributed by atoms with E-state index in [0.717, 1.165) is 11.8 Å². The fraction of sp³-hybridized carbons (Fsp3) is 0.419. The number of methoxy groups -OCH3 is 1. The first-order chi connectivity index (χ1) is 21.8. The molecule has 1 saturated heterocycles. The number of nitrogens with zero attached hydrogens (tertiary/aromatic N) is 5. The van der Waals surface area contributed by atoms with Gasteiger partial charge in [-0.05, 0) is 74.7 Å². The van der Waals surface area contributed by atoms with Crippen molar-refractivity contribution in [2.24, 2.45) is 0 Å². The molecule has 0 aliphatic carbocycles. The highest BCUT2D eigenvalue weighted by Crippen LogP contribution is 2.36. The van der Waals surface area contributed by atoms with E-state index in [1.165, 1.54) is 11.4 Å². The number of anilines is 3. The van der Waals surface area contributed by atoms with Gasteiger partial charge in [0.05, 0.1) is 42.1 Å². The van der Waals surface area contributed by atoms with Crippen LogP contribution in [-0.4, -0.2) is 97.1 Å². The summed E-state index contributed by atoms with van der Waals surface area (Å²) in [6.45, 7) is 2.42. The molecule has 2 aromatic heterocycles. The molecule has 0 bridgehead atoms. The molecule has 1 aliphatic rings. The van der Waals surface area contributed by atoms with Crippen LogP contribution in [0.4, 0.5) is 30.5 Å². The van der Waals surface area contributed by atoms with Gasteiger partial charge in [-0.1, -0.05) is 24.3 Å². The van der Waals surface area contributed by atoms with Crippen molar-refractivity contribution in [1.29, 1.82) is 0 Å². The van der Waals surface area contributed by atoms with Gasteiger partial charge in [0, 0.05) is 25.8 Å². The number of fused-ring (bicyclic) bond motifs is 1. The number of benzene rings is 2. The molecule has 4 aromatic rings. The highest BCUT2D eigenvalue weighted by molar-refractivity contribution is 7.92. The van der Waals surface area contributed by atoms with E-state index in [1.54, 1.807) is 41.8 Å². The maximum atomic E-state index is 12.7. The number of para-hydroxylation sites is 1. The lowest BCUT2D eigenvalue weighted by Gasteiger charge is -2.33. The van der Waals surface area contributed by atoms with E-state index in [0.29, 0.717) is 65.8 Å². The van der Waals surface area contributed by atoms with Gasteiger partial charge in [-0.3, -0.25) is 4.31 Å². The van der Waals surface area contributed by atoms with Crippen LogP contribution in [0, 0.1) is 0 Å². The number of β-amino-alcohol motifs (C(OH)–C–C–N with tert-alkyl or cyclic N) is 1. The summed E-state index contributed by atoms with van der Waals surface area (Å²) in [4.78, 5) is 6.07. The highest BCUT2D eigenvalue weighted by Gasteiger charge is 2.39. The largest absolute Gasteiger partial charge is 0.495 e. The molecule has 5 rings (SSSR count). The number of hydrogen-bond acceptors (Lipinski definition) is 9. The zero-order valence-corrected chi connectivity index (χ0v) is 26.9. The van der Waals surface area contributed by atoms with Crippen LogP contribution >= 0.6 is 0 Å². The summed E-state index contributed by atoms with van der Waals surface area (Å²) in [6.07, 6.45) is -2.84. The Balaban J connectivity index is 0.00000154. The predicted molar refractivity (Wildman–Crippen MR) is 171 cm³/mol. The van der Waals surface area contributed by atoms with Crippen molar-refractivity contribution >= 4 is 32.9 Å². The van der Waals surface area contributed by atoms with Crippen molar-refractivity contribution < 1.29 is 36.5 Å². The number of halogens is 3. The minimum Gasteiger partial charge on any atom is -0.495 e. The third kappa shape index (κ3) is 8.26. The van der Waals surface area contributed by atoms with Gasteiger partial charge in [0.1, 0.15) is 5.75 Å². The number of nitrogens with one attached hydrogen (secondary N) is 1. The van der Waals surface area contributed by atoms with Gasteiger partial charge in [0.15, 0.2) is 6.10 Å². The summed E-state index contributed by atoms with van der Waals surface area (Å²) in [7, 11) is -0.439. The molecule has 11 nitrogen and oxygen atoms in total. The Morgan fingerprint density at radius 3 is 2.43 bits per heavy atom. The van der Waals surface area contributed by atoms with Crippen molar-refractivity contribution in [2.45, 2.75) is 38.0 Å². The van der Waals surface area contributed by atoms with E-state index in [9.17, 15) is 26.7 Å². The van der Waals surface area contributed by atoms with Gasteiger partial charge in [-0.15, -0.1) is 5.10 Å². The normalized spacial score (nSPS) is 15.2. The maximum absolute atomic E-state index is 12.7. The van der Waals surface area contributed by atoms with E-state index in [-0.39, 0.29) is 12.5 Å². The molecule has 0 radical (unpaired) electrons. The Kier molecular flexibility index (Phi) is 11.1. The second kappa shape index (κ2) is 14.7. The average molecular weight is 665 g/mol. The average Bonchev–Trinajstić information content (AvgIpc) is 3.44. The van der Waals surface area contributed by atoms with Gasteiger partial charge in [-0.2, -0.15) is 13.2 Å². The number of aliphatic hydroxyl groups excluding tert-OH is 2. The highest BCUT2D eigenvalue weighted by atomic mass is 32.2. The van der Waals surface area contributed by atoms with Gasteiger partial charge in [0.2, 0.25) is 16.0 Å². The van der Waals surface area contributed by atoms with Gasteiger partial charge in [0.25, 0.3) is 0 Å². The molecule has 46 heavy (non-hydrogen) atoms. The number of ether oxygens (including phenoxy) is 1.